The molecule has 2 saturated heterocycles. The Morgan fingerprint density at radius 3 is 2.31 bits per heavy atom. The average Bonchev–Trinajstić information content (AvgIpc) is 2.50. The molecule has 1 N–H and O–H groups in total. The lowest BCUT2D eigenvalue weighted by Gasteiger charge is -2.38. The molecule has 0 saturated carbocycles. The summed E-state index contributed by atoms with van der Waals surface area (Å²) in [6.45, 7) is 4.46. The van der Waals surface area contributed by atoms with Gasteiger partial charge in [-0.1, -0.05) is 12.8 Å². The van der Waals surface area contributed by atoms with E-state index in [1.807, 2.05) is 4.90 Å². The van der Waals surface area contributed by atoms with Gasteiger partial charge in [0.2, 0.25) is 5.91 Å². The highest BCUT2D eigenvalue weighted by atomic mass is 16.3. The summed E-state index contributed by atoms with van der Waals surface area (Å²) >= 11 is 0. The number of aliphatic hydroxyl groups excluding tert-OH is 1. The Labute approximate surface area is 97.2 Å². The molecule has 0 aromatic carbocycles. The van der Waals surface area contributed by atoms with Crippen molar-refractivity contribution in [3.8, 4) is 0 Å². The Bertz CT molecular complexity index is 231. The summed E-state index contributed by atoms with van der Waals surface area (Å²) in [7, 11) is 0. The molecule has 2 rings (SSSR count). The van der Waals surface area contributed by atoms with Crippen LogP contribution < -0.4 is 0 Å². The number of hydrogen-bond acceptors (Lipinski definition) is 3. The van der Waals surface area contributed by atoms with E-state index in [1.165, 1.54) is 12.8 Å². The average molecular weight is 226 g/mol. The van der Waals surface area contributed by atoms with Crippen LogP contribution in [0.1, 0.15) is 25.7 Å². The van der Waals surface area contributed by atoms with Crippen molar-refractivity contribution in [3.05, 3.63) is 0 Å². The summed E-state index contributed by atoms with van der Waals surface area (Å²) < 4.78 is 0. The maximum atomic E-state index is 12.0. The van der Waals surface area contributed by atoms with Crippen LogP contribution in [-0.2, 0) is 4.79 Å². The van der Waals surface area contributed by atoms with Gasteiger partial charge in [-0.05, 0) is 12.8 Å². The van der Waals surface area contributed by atoms with Crippen LogP contribution in [0, 0.1) is 5.92 Å². The van der Waals surface area contributed by atoms with Gasteiger partial charge in [0.05, 0.1) is 6.54 Å². The SMILES string of the molecule is O=C(CN1CC(CO)C1)N1CCCCCC1. The maximum absolute atomic E-state index is 12.0. The molecular formula is C12H22N2O2. The lowest BCUT2D eigenvalue weighted by Crippen LogP contribution is -2.52. The van der Waals surface area contributed by atoms with Crippen LogP contribution in [-0.4, -0.2) is 60.1 Å². The molecule has 0 aromatic rings. The second-order valence-electron chi connectivity index (χ2n) is 5.04. The Kier molecular flexibility index (Phi) is 4.18. The van der Waals surface area contributed by atoms with Gasteiger partial charge < -0.3 is 10.0 Å². The molecule has 2 heterocycles. The van der Waals surface area contributed by atoms with Crippen molar-refractivity contribution in [1.82, 2.24) is 9.80 Å². The smallest absolute Gasteiger partial charge is 0.236 e. The highest BCUT2D eigenvalue weighted by molar-refractivity contribution is 5.78. The molecule has 0 unspecified atom stereocenters. The number of nitrogens with zero attached hydrogens (tertiary/aromatic N) is 2. The number of carbonyl (C=O) groups is 1. The van der Waals surface area contributed by atoms with Crippen LogP contribution in [0.15, 0.2) is 0 Å². The molecule has 2 fully saturated rings. The van der Waals surface area contributed by atoms with Crippen molar-refractivity contribution < 1.29 is 9.90 Å². The molecule has 0 aliphatic carbocycles. The second kappa shape index (κ2) is 5.64. The fourth-order valence-electron chi connectivity index (χ4n) is 2.53. The molecule has 0 atom stereocenters. The highest BCUT2D eigenvalue weighted by Crippen LogP contribution is 2.15. The van der Waals surface area contributed by atoms with Crippen molar-refractivity contribution in [2.75, 3.05) is 39.3 Å². The third-order valence-corrected chi connectivity index (χ3v) is 3.61. The van der Waals surface area contributed by atoms with Crippen LogP contribution in [0.3, 0.4) is 0 Å². The summed E-state index contributed by atoms with van der Waals surface area (Å²) in [4.78, 5) is 16.1. The van der Waals surface area contributed by atoms with Gasteiger partial charge in [-0.25, -0.2) is 0 Å². The lowest BCUT2D eigenvalue weighted by molar-refractivity contribution is -0.134. The molecule has 4 nitrogen and oxygen atoms in total. The molecule has 16 heavy (non-hydrogen) atoms. The Balaban J connectivity index is 1.70. The Morgan fingerprint density at radius 2 is 1.75 bits per heavy atom. The molecule has 2 aliphatic heterocycles. The van der Waals surface area contributed by atoms with E-state index in [9.17, 15) is 4.79 Å². The maximum Gasteiger partial charge on any atom is 0.236 e. The van der Waals surface area contributed by atoms with Gasteiger partial charge in [0, 0.05) is 38.7 Å². The number of carbonyl (C=O) groups excluding carboxylic acids is 1. The van der Waals surface area contributed by atoms with Crippen molar-refractivity contribution in [3.63, 3.8) is 0 Å². The summed E-state index contributed by atoms with van der Waals surface area (Å²) in [6.07, 6.45) is 4.84. The number of likely N-dealkylation sites (tertiary alicyclic amines) is 2. The minimum atomic E-state index is 0.258. The summed E-state index contributed by atoms with van der Waals surface area (Å²) in [5.41, 5.74) is 0. The van der Waals surface area contributed by atoms with Crippen LogP contribution in [0.25, 0.3) is 0 Å². The fourth-order valence-corrected chi connectivity index (χ4v) is 2.53. The summed E-state index contributed by atoms with van der Waals surface area (Å²) in [5, 5.41) is 8.90. The van der Waals surface area contributed by atoms with Crippen LogP contribution in [0.2, 0.25) is 0 Å². The monoisotopic (exact) mass is 226 g/mol. The van der Waals surface area contributed by atoms with Gasteiger partial charge in [-0.2, -0.15) is 0 Å². The number of hydrogen-bond donors (Lipinski definition) is 1. The number of rotatable bonds is 3. The summed E-state index contributed by atoms with van der Waals surface area (Å²) in [5.74, 6) is 0.676. The molecule has 1 amide bonds. The normalized spacial score (nSPS) is 23.9. The van der Waals surface area contributed by atoms with Gasteiger partial charge >= 0.3 is 0 Å². The van der Waals surface area contributed by atoms with E-state index in [1.54, 1.807) is 0 Å². The Morgan fingerprint density at radius 1 is 1.12 bits per heavy atom. The molecule has 0 aromatic heterocycles. The van der Waals surface area contributed by atoms with E-state index in [0.717, 1.165) is 39.0 Å². The number of aliphatic hydroxyl groups is 1. The zero-order valence-electron chi connectivity index (χ0n) is 9.90. The van der Waals surface area contributed by atoms with E-state index in [-0.39, 0.29) is 12.5 Å². The highest BCUT2D eigenvalue weighted by Gasteiger charge is 2.28. The van der Waals surface area contributed by atoms with Gasteiger partial charge in [-0.15, -0.1) is 0 Å². The topological polar surface area (TPSA) is 43.8 Å². The quantitative estimate of drug-likeness (QED) is 0.753. The predicted molar refractivity (Wildman–Crippen MR) is 62.1 cm³/mol. The Hall–Kier alpha value is -0.610. The first kappa shape index (κ1) is 11.9. The van der Waals surface area contributed by atoms with Crippen molar-refractivity contribution >= 4 is 5.91 Å². The summed E-state index contributed by atoms with van der Waals surface area (Å²) in [6, 6.07) is 0. The second-order valence-corrected chi connectivity index (χ2v) is 5.04. The van der Waals surface area contributed by atoms with E-state index in [2.05, 4.69) is 4.90 Å². The van der Waals surface area contributed by atoms with Crippen LogP contribution in [0.5, 0.6) is 0 Å². The van der Waals surface area contributed by atoms with Gasteiger partial charge in [0.1, 0.15) is 0 Å². The minimum Gasteiger partial charge on any atom is -0.396 e. The van der Waals surface area contributed by atoms with Crippen molar-refractivity contribution in [1.29, 1.82) is 0 Å². The van der Waals surface area contributed by atoms with E-state index in [0.29, 0.717) is 12.5 Å². The molecule has 0 bridgehead atoms. The third kappa shape index (κ3) is 2.95. The first-order valence-corrected chi connectivity index (χ1v) is 6.40. The number of amides is 1. The predicted octanol–water partition coefficient (Wildman–Crippen LogP) is 0.313. The van der Waals surface area contributed by atoms with Gasteiger partial charge in [0.25, 0.3) is 0 Å². The third-order valence-electron chi connectivity index (χ3n) is 3.61. The molecular weight excluding hydrogens is 204 g/mol. The van der Waals surface area contributed by atoms with Crippen molar-refractivity contribution in [2.24, 2.45) is 5.92 Å². The first-order valence-electron chi connectivity index (χ1n) is 6.40. The largest absolute Gasteiger partial charge is 0.396 e. The van der Waals surface area contributed by atoms with E-state index in [4.69, 9.17) is 5.11 Å². The molecule has 2 aliphatic rings. The standard InChI is InChI=1S/C12H22N2O2/c15-10-11-7-13(8-11)9-12(16)14-5-3-1-2-4-6-14/h11,15H,1-10H2. The van der Waals surface area contributed by atoms with Gasteiger partial charge in [-0.3, -0.25) is 9.69 Å². The zero-order chi connectivity index (χ0) is 11.4. The molecule has 0 spiro atoms. The zero-order valence-corrected chi connectivity index (χ0v) is 9.90. The lowest BCUT2D eigenvalue weighted by atomic mass is 10.0. The first-order chi connectivity index (χ1) is 7.79. The minimum absolute atomic E-state index is 0.258. The van der Waals surface area contributed by atoms with Crippen LogP contribution >= 0.6 is 0 Å². The molecule has 0 radical (unpaired) electrons. The van der Waals surface area contributed by atoms with Crippen LogP contribution in [0.4, 0.5) is 0 Å². The fraction of sp³-hybridized carbons (Fsp3) is 0.917. The van der Waals surface area contributed by atoms with Crippen molar-refractivity contribution in [2.45, 2.75) is 25.7 Å². The van der Waals surface area contributed by atoms with E-state index >= 15 is 0 Å². The molecule has 4 heteroatoms. The van der Waals surface area contributed by atoms with Gasteiger partial charge in [0.15, 0.2) is 0 Å². The van der Waals surface area contributed by atoms with E-state index < -0.39 is 0 Å². The molecule has 92 valence electrons.